The van der Waals surface area contributed by atoms with E-state index in [-0.39, 0.29) is 12.5 Å². The third kappa shape index (κ3) is 5.48. The molecule has 0 radical (unpaired) electrons. The van der Waals surface area contributed by atoms with Gasteiger partial charge >= 0.3 is 0 Å². The molecule has 3 N–H and O–H groups in total. The second-order valence-corrected chi connectivity index (χ2v) is 7.26. The fourth-order valence-corrected chi connectivity index (χ4v) is 3.29. The van der Waals surface area contributed by atoms with Gasteiger partial charge in [-0.05, 0) is 35.4 Å². The van der Waals surface area contributed by atoms with Gasteiger partial charge in [0.05, 0.1) is 6.54 Å². The predicted molar refractivity (Wildman–Crippen MR) is 114 cm³/mol. The minimum absolute atomic E-state index is 0.0555. The first-order valence-electron chi connectivity index (χ1n) is 9.33. The summed E-state index contributed by atoms with van der Waals surface area (Å²) in [6, 6.07) is 14.6. The molecule has 0 aliphatic carbocycles. The predicted octanol–water partition coefficient (Wildman–Crippen LogP) is 1.86. The molecule has 3 rings (SSSR count). The molecule has 2 aromatic rings. The van der Waals surface area contributed by atoms with E-state index in [0.29, 0.717) is 42.7 Å². The van der Waals surface area contributed by atoms with Crippen LogP contribution in [0.15, 0.2) is 53.5 Å². The quantitative estimate of drug-likeness (QED) is 0.578. The standard InChI is InChI=1S/C21H24ClN5O2/c1-24-21(25-12-15-2-6-17(7-3-15)20(23)29)27-11-10-26(19(28)14-27)13-16-4-8-18(22)9-5-16/h2-9H,10-14H2,1H3,(H2,23,29)(H,24,25). The molecule has 0 spiro atoms. The summed E-state index contributed by atoms with van der Waals surface area (Å²) in [5.41, 5.74) is 7.78. The van der Waals surface area contributed by atoms with Crippen LogP contribution in [0.4, 0.5) is 0 Å². The molecule has 29 heavy (non-hydrogen) atoms. The summed E-state index contributed by atoms with van der Waals surface area (Å²) in [5, 5.41) is 3.95. The first-order valence-corrected chi connectivity index (χ1v) is 9.70. The number of nitrogens with zero attached hydrogens (tertiary/aromatic N) is 3. The van der Waals surface area contributed by atoms with Crippen molar-refractivity contribution in [3.8, 4) is 0 Å². The number of rotatable bonds is 5. The molecular weight excluding hydrogens is 390 g/mol. The fraction of sp³-hybridized carbons (Fsp3) is 0.286. The van der Waals surface area contributed by atoms with Crippen LogP contribution in [0.25, 0.3) is 0 Å². The molecule has 1 saturated heterocycles. The summed E-state index contributed by atoms with van der Waals surface area (Å²) in [4.78, 5) is 31.8. The average Bonchev–Trinajstić information content (AvgIpc) is 2.72. The Hall–Kier alpha value is -3.06. The lowest BCUT2D eigenvalue weighted by Crippen LogP contribution is -2.54. The number of carbonyl (C=O) groups excluding carboxylic acids is 2. The maximum Gasteiger partial charge on any atom is 0.248 e. The summed E-state index contributed by atoms with van der Waals surface area (Å²) >= 11 is 5.92. The molecule has 8 heteroatoms. The van der Waals surface area contributed by atoms with Gasteiger partial charge in [-0.2, -0.15) is 0 Å². The van der Waals surface area contributed by atoms with Crippen molar-refractivity contribution in [3.63, 3.8) is 0 Å². The molecule has 2 aromatic carbocycles. The topological polar surface area (TPSA) is 91.0 Å². The zero-order chi connectivity index (χ0) is 20.8. The van der Waals surface area contributed by atoms with Crippen LogP contribution >= 0.6 is 11.6 Å². The maximum absolute atomic E-state index is 12.6. The molecule has 1 heterocycles. The van der Waals surface area contributed by atoms with Gasteiger partial charge in [-0.15, -0.1) is 0 Å². The Labute approximate surface area is 175 Å². The van der Waals surface area contributed by atoms with E-state index < -0.39 is 5.91 Å². The number of guanidine groups is 1. The van der Waals surface area contributed by atoms with Crippen molar-refractivity contribution >= 4 is 29.4 Å². The lowest BCUT2D eigenvalue weighted by Gasteiger charge is -2.36. The van der Waals surface area contributed by atoms with Crippen LogP contribution in [0.5, 0.6) is 0 Å². The van der Waals surface area contributed by atoms with Crippen molar-refractivity contribution in [3.05, 3.63) is 70.2 Å². The highest BCUT2D eigenvalue weighted by Crippen LogP contribution is 2.14. The van der Waals surface area contributed by atoms with E-state index >= 15 is 0 Å². The molecule has 1 aliphatic rings. The highest BCUT2D eigenvalue weighted by Gasteiger charge is 2.25. The van der Waals surface area contributed by atoms with Gasteiger partial charge in [-0.25, -0.2) is 0 Å². The normalized spacial score (nSPS) is 14.8. The van der Waals surface area contributed by atoms with E-state index in [1.54, 1.807) is 19.2 Å². The molecule has 0 unspecified atom stereocenters. The van der Waals surface area contributed by atoms with Crippen molar-refractivity contribution in [2.24, 2.45) is 10.7 Å². The fourth-order valence-electron chi connectivity index (χ4n) is 3.17. The first kappa shape index (κ1) is 20.7. The van der Waals surface area contributed by atoms with Gasteiger partial charge in [0.15, 0.2) is 5.96 Å². The molecule has 1 fully saturated rings. The van der Waals surface area contributed by atoms with Gasteiger partial charge in [0.2, 0.25) is 11.8 Å². The van der Waals surface area contributed by atoms with E-state index in [0.717, 1.165) is 11.1 Å². The van der Waals surface area contributed by atoms with E-state index in [1.165, 1.54) is 0 Å². The summed E-state index contributed by atoms with van der Waals surface area (Å²) in [6.45, 7) is 2.69. The Morgan fingerprint density at radius 1 is 1.10 bits per heavy atom. The number of nitrogens with two attached hydrogens (primary N) is 1. The Morgan fingerprint density at radius 3 is 2.34 bits per heavy atom. The third-order valence-electron chi connectivity index (χ3n) is 4.81. The van der Waals surface area contributed by atoms with Crippen LogP contribution in [0, 0.1) is 0 Å². The van der Waals surface area contributed by atoms with Crippen molar-refractivity contribution in [2.45, 2.75) is 13.1 Å². The number of hydrogen-bond acceptors (Lipinski definition) is 3. The number of nitrogens with one attached hydrogen (secondary N) is 1. The van der Waals surface area contributed by atoms with E-state index in [9.17, 15) is 9.59 Å². The largest absolute Gasteiger partial charge is 0.366 e. The monoisotopic (exact) mass is 413 g/mol. The molecule has 7 nitrogen and oxygen atoms in total. The van der Waals surface area contributed by atoms with E-state index in [4.69, 9.17) is 17.3 Å². The Balaban J connectivity index is 1.54. The number of carbonyl (C=O) groups is 2. The van der Waals surface area contributed by atoms with E-state index in [1.807, 2.05) is 46.2 Å². The molecule has 152 valence electrons. The minimum Gasteiger partial charge on any atom is -0.366 e. The van der Waals surface area contributed by atoms with Gasteiger partial charge in [0, 0.05) is 43.8 Å². The summed E-state index contributed by atoms with van der Waals surface area (Å²) in [7, 11) is 1.70. The Bertz CT molecular complexity index is 896. The zero-order valence-electron chi connectivity index (χ0n) is 16.3. The summed E-state index contributed by atoms with van der Waals surface area (Å²) in [6.07, 6.45) is 0. The van der Waals surface area contributed by atoms with Crippen LogP contribution in [-0.2, 0) is 17.9 Å². The number of halogens is 1. The maximum atomic E-state index is 12.6. The van der Waals surface area contributed by atoms with Crippen LogP contribution in [-0.4, -0.2) is 54.3 Å². The number of aliphatic imine (C=N–C) groups is 1. The minimum atomic E-state index is -0.449. The lowest BCUT2D eigenvalue weighted by atomic mass is 10.1. The number of primary amides is 1. The second-order valence-electron chi connectivity index (χ2n) is 6.83. The summed E-state index contributed by atoms with van der Waals surface area (Å²) < 4.78 is 0. The highest BCUT2D eigenvalue weighted by molar-refractivity contribution is 6.30. The zero-order valence-corrected chi connectivity index (χ0v) is 17.0. The van der Waals surface area contributed by atoms with Crippen molar-refractivity contribution < 1.29 is 9.59 Å². The van der Waals surface area contributed by atoms with Gasteiger partial charge < -0.3 is 20.9 Å². The Kier molecular flexibility index (Phi) is 6.72. The summed E-state index contributed by atoms with van der Waals surface area (Å²) in [5.74, 6) is 0.277. The molecule has 0 aromatic heterocycles. The van der Waals surface area contributed by atoms with Crippen LogP contribution in [0.1, 0.15) is 21.5 Å². The van der Waals surface area contributed by atoms with Gasteiger partial charge in [-0.1, -0.05) is 35.9 Å². The van der Waals surface area contributed by atoms with E-state index in [2.05, 4.69) is 10.3 Å². The van der Waals surface area contributed by atoms with Gasteiger partial charge in [0.1, 0.15) is 0 Å². The molecule has 0 saturated carbocycles. The average molecular weight is 414 g/mol. The number of piperazine rings is 1. The molecule has 2 amide bonds. The van der Waals surface area contributed by atoms with Crippen molar-refractivity contribution in [2.75, 3.05) is 26.7 Å². The Morgan fingerprint density at radius 2 is 1.76 bits per heavy atom. The highest BCUT2D eigenvalue weighted by atomic mass is 35.5. The van der Waals surface area contributed by atoms with Crippen LogP contribution in [0.3, 0.4) is 0 Å². The smallest absolute Gasteiger partial charge is 0.248 e. The van der Waals surface area contributed by atoms with Crippen molar-refractivity contribution in [1.29, 1.82) is 0 Å². The molecule has 1 aliphatic heterocycles. The van der Waals surface area contributed by atoms with Crippen LogP contribution in [0.2, 0.25) is 5.02 Å². The number of hydrogen-bond donors (Lipinski definition) is 2. The first-order chi connectivity index (χ1) is 14.0. The third-order valence-corrected chi connectivity index (χ3v) is 5.06. The molecule has 0 atom stereocenters. The van der Waals surface area contributed by atoms with Crippen molar-refractivity contribution in [1.82, 2.24) is 15.1 Å². The van der Waals surface area contributed by atoms with Gasteiger partial charge in [-0.3, -0.25) is 14.6 Å². The number of benzene rings is 2. The molecule has 0 bridgehead atoms. The van der Waals surface area contributed by atoms with Crippen LogP contribution < -0.4 is 11.1 Å². The number of amides is 2. The van der Waals surface area contributed by atoms with Gasteiger partial charge in [0.25, 0.3) is 0 Å². The SMILES string of the molecule is CN=C(NCc1ccc(C(N)=O)cc1)N1CCN(Cc2ccc(Cl)cc2)C(=O)C1. The second kappa shape index (κ2) is 9.43. The molecular formula is C21H24ClN5O2. The lowest BCUT2D eigenvalue weighted by molar-refractivity contribution is -0.135.